The largest absolute Gasteiger partial charge is 0.385 e. The maximum atomic E-state index is 11.2. The van der Waals surface area contributed by atoms with Gasteiger partial charge < -0.3 is 5.11 Å². The maximum absolute atomic E-state index is 11.2. The number of hydrogen-bond donors (Lipinski definition) is 1. The first kappa shape index (κ1) is 14.3. The smallest absolute Gasteiger partial charge is 0.0917 e. The lowest BCUT2D eigenvalue weighted by molar-refractivity contribution is 0.00814. The molecule has 0 radical (unpaired) electrons. The SMILES string of the molecule is OC1(c2ccc(-c3ccccc3)cc2)CC2CCCC(C1)S2. The van der Waals surface area contributed by atoms with Gasteiger partial charge in [-0.25, -0.2) is 0 Å². The average molecular weight is 310 g/mol. The molecule has 0 amide bonds. The lowest BCUT2D eigenvalue weighted by Gasteiger charge is -2.44. The zero-order valence-electron chi connectivity index (χ0n) is 12.7. The maximum Gasteiger partial charge on any atom is 0.0917 e. The molecule has 1 nitrogen and oxygen atoms in total. The zero-order chi connectivity index (χ0) is 15.0. The van der Waals surface area contributed by atoms with Crippen LogP contribution in [0.4, 0.5) is 0 Å². The van der Waals surface area contributed by atoms with Gasteiger partial charge in [0.1, 0.15) is 0 Å². The standard InChI is InChI=1S/C20H22OS/c21-20(13-18-7-4-8-19(14-20)22-18)17-11-9-16(10-12-17)15-5-2-1-3-6-15/h1-3,5-6,9-12,18-19,21H,4,7-8,13-14H2. The van der Waals surface area contributed by atoms with E-state index in [1.54, 1.807) is 0 Å². The molecule has 2 aliphatic heterocycles. The van der Waals surface area contributed by atoms with Gasteiger partial charge in [0.05, 0.1) is 5.60 Å². The third-order valence-corrected chi connectivity index (χ3v) is 6.67. The molecule has 2 heteroatoms. The van der Waals surface area contributed by atoms with Gasteiger partial charge in [0, 0.05) is 10.5 Å². The van der Waals surface area contributed by atoms with E-state index in [0.29, 0.717) is 10.5 Å². The van der Waals surface area contributed by atoms with Gasteiger partial charge in [0.2, 0.25) is 0 Å². The minimum Gasteiger partial charge on any atom is -0.385 e. The van der Waals surface area contributed by atoms with E-state index in [1.807, 2.05) is 6.07 Å². The number of aliphatic hydroxyl groups is 1. The quantitative estimate of drug-likeness (QED) is 0.843. The predicted molar refractivity (Wildman–Crippen MR) is 94.0 cm³/mol. The fraction of sp³-hybridized carbons (Fsp3) is 0.400. The van der Waals surface area contributed by atoms with Gasteiger partial charge in [-0.3, -0.25) is 0 Å². The van der Waals surface area contributed by atoms with Crippen LogP contribution in [0.2, 0.25) is 0 Å². The van der Waals surface area contributed by atoms with Crippen molar-refractivity contribution < 1.29 is 5.11 Å². The van der Waals surface area contributed by atoms with Crippen LogP contribution in [-0.4, -0.2) is 15.6 Å². The van der Waals surface area contributed by atoms with E-state index in [9.17, 15) is 5.11 Å². The first-order valence-corrected chi connectivity index (χ1v) is 9.21. The highest BCUT2D eigenvalue weighted by Crippen LogP contribution is 2.49. The van der Waals surface area contributed by atoms with Crippen LogP contribution in [0.5, 0.6) is 0 Å². The van der Waals surface area contributed by atoms with Gasteiger partial charge in [-0.15, -0.1) is 0 Å². The van der Waals surface area contributed by atoms with Gasteiger partial charge in [-0.1, -0.05) is 61.0 Å². The molecule has 2 fully saturated rings. The number of hydrogen-bond acceptors (Lipinski definition) is 2. The van der Waals surface area contributed by atoms with Crippen molar-refractivity contribution in [3.63, 3.8) is 0 Å². The summed E-state index contributed by atoms with van der Waals surface area (Å²) in [5, 5.41) is 12.5. The first-order chi connectivity index (χ1) is 10.7. The van der Waals surface area contributed by atoms with Crippen molar-refractivity contribution in [2.45, 2.75) is 48.2 Å². The molecule has 2 saturated heterocycles. The van der Waals surface area contributed by atoms with Crippen molar-refractivity contribution >= 4 is 11.8 Å². The van der Waals surface area contributed by atoms with E-state index < -0.39 is 5.60 Å². The lowest BCUT2D eigenvalue weighted by atomic mass is 9.80. The first-order valence-electron chi connectivity index (χ1n) is 8.27. The number of rotatable bonds is 2. The fourth-order valence-corrected chi connectivity index (χ4v) is 5.85. The van der Waals surface area contributed by atoms with Crippen molar-refractivity contribution in [2.24, 2.45) is 0 Å². The lowest BCUT2D eigenvalue weighted by Crippen LogP contribution is -2.40. The number of thioether (sulfide) groups is 1. The normalized spacial score (nSPS) is 31.0. The summed E-state index contributed by atoms with van der Waals surface area (Å²) in [5.74, 6) is 0. The van der Waals surface area contributed by atoms with Crippen LogP contribution in [0.25, 0.3) is 11.1 Å². The van der Waals surface area contributed by atoms with Gasteiger partial charge in [-0.2, -0.15) is 11.8 Å². The van der Waals surface area contributed by atoms with Crippen LogP contribution in [0, 0.1) is 0 Å². The van der Waals surface area contributed by atoms with Crippen molar-refractivity contribution in [1.82, 2.24) is 0 Å². The van der Waals surface area contributed by atoms with Crippen molar-refractivity contribution in [1.29, 1.82) is 0 Å². The summed E-state index contributed by atoms with van der Waals surface area (Å²) in [6.45, 7) is 0. The second-order valence-corrected chi connectivity index (χ2v) is 8.30. The Kier molecular flexibility index (Phi) is 3.75. The van der Waals surface area contributed by atoms with Crippen molar-refractivity contribution in [2.75, 3.05) is 0 Å². The van der Waals surface area contributed by atoms with Crippen LogP contribution in [0.15, 0.2) is 54.6 Å². The van der Waals surface area contributed by atoms with Gasteiger partial charge >= 0.3 is 0 Å². The molecular weight excluding hydrogens is 288 g/mol. The Morgan fingerprint density at radius 2 is 1.41 bits per heavy atom. The Hall–Kier alpha value is -1.25. The van der Waals surface area contributed by atoms with E-state index in [1.165, 1.54) is 30.4 Å². The van der Waals surface area contributed by atoms with Crippen LogP contribution in [0.3, 0.4) is 0 Å². The van der Waals surface area contributed by atoms with E-state index in [0.717, 1.165) is 18.4 Å². The summed E-state index contributed by atoms with van der Waals surface area (Å²) < 4.78 is 0. The topological polar surface area (TPSA) is 20.2 Å². The van der Waals surface area contributed by atoms with Crippen LogP contribution in [0.1, 0.15) is 37.7 Å². The molecule has 2 heterocycles. The third kappa shape index (κ3) is 2.70. The highest BCUT2D eigenvalue weighted by atomic mass is 32.2. The van der Waals surface area contributed by atoms with Gasteiger partial charge in [0.15, 0.2) is 0 Å². The van der Waals surface area contributed by atoms with Crippen molar-refractivity contribution in [3.05, 3.63) is 60.2 Å². The second-order valence-electron chi connectivity index (χ2n) is 6.69. The average Bonchev–Trinajstić information content (AvgIpc) is 2.55. The van der Waals surface area contributed by atoms with E-state index in [-0.39, 0.29) is 0 Å². The molecule has 2 atom stereocenters. The van der Waals surface area contributed by atoms with Crippen LogP contribution >= 0.6 is 11.8 Å². The number of fused-ring (bicyclic) bond motifs is 2. The molecule has 114 valence electrons. The molecule has 0 spiro atoms. The minimum atomic E-state index is -0.615. The zero-order valence-corrected chi connectivity index (χ0v) is 13.6. The molecule has 2 unspecified atom stereocenters. The van der Waals surface area contributed by atoms with E-state index in [2.05, 4.69) is 60.3 Å². The molecule has 4 rings (SSSR count). The summed E-state index contributed by atoms with van der Waals surface area (Å²) in [6, 6.07) is 19.0. The highest BCUT2D eigenvalue weighted by molar-refractivity contribution is 8.00. The molecule has 0 saturated carbocycles. The molecule has 0 aliphatic carbocycles. The summed E-state index contributed by atoms with van der Waals surface area (Å²) in [5.41, 5.74) is 2.94. The van der Waals surface area contributed by atoms with E-state index >= 15 is 0 Å². The molecule has 2 aliphatic rings. The third-order valence-electron chi connectivity index (χ3n) is 5.10. The Bertz CT molecular complexity index is 623. The molecule has 22 heavy (non-hydrogen) atoms. The van der Waals surface area contributed by atoms with Gasteiger partial charge in [-0.05, 0) is 42.4 Å². The molecule has 2 aromatic rings. The predicted octanol–water partition coefficient (Wildman–Crippen LogP) is 4.99. The molecule has 1 N–H and O–H groups in total. The minimum absolute atomic E-state index is 0.615. The molecule has 2 bridgehead atoms. The molecule has 0 aromatic heterocycles. The monoisotopic (exact) mass is 310 g/mol. The fourth-order valence-electron chi connectivity index (χ4n) is 3.96. The summed E-state index contributed by atoms with van der Waals surface area (Å²) >= 11 is 2.11. The summed E-state index contributed by atoms with van der Waals surface area (Å²) in [7, 11) is 0. The van der Waals surface area contributed by atoms with E-state index in [4.69, 9.17) is 0 Å². The Balaban J connectivity index is 1.60. The summed E-state index contributed by atoms with van der Waals surface area (Å²) in [4.78, 5) is 0. The highest BCUT2D eigenvalue weighted by Gasteiger charge is 2.42. The number of benzene rings is 2. The molecule has 2 aromatic carbocycles. The Morgan fingerprint density at radius 1 is 0.818 bits per heavy atom. The second kappa shape index (κ2) is 5.75. The summed E-state index contributed by atoms with van der Waals surface area (Å²) in [6.07, 6.45) is 5.71. The van der Waals surface area contributed by atoms with Gasteiger partial charge in [0.25, 0.3) is 0 Å². The Morgan fingerprint density at radius 3 is 2.05 bits per heavy atom. The van der Waals surface area contributed by atoms with Crippen LogP contribution < -0.4 is 0 Å². The Labute approximate surface area is 136 Å². The molecular formula is C20H22OS. The van der Waals surface area contributed by atoms with Crippen LogP contribution in [-0.2, 0) is 5.60 Å². The van der Waals surface area contributed by atoms with Crippen molar-refractivity contribution in [3.8, 4) is 11.1 Å².